The molecule has 1 atom stereocenters. The van der Waals surface area contributed by atoms with Crippen molar-refractivity contribution in [1.82, 2.24) is 15.3 Å². The number of hydrogen-bond donors (Lipinski definition) is 3. The third-order valence-corrected chi connectivity index (χ3v) is 6.12. The van der Waals surface area contributed by atoms with Gasteiger partial charge in [0.15, 0.2) is 6.10 Å². The smallest absolute Gasteiger partial charge is 0.399 e. The fourth-order valence-corrected chi connectivity index (χ4v) is 3.38. The van der Waals surface area contributed by atoms with Gasteiger partial charge in [0.05, 0.1) is 17.8 Å². The van der Waals surface area contributed by atoms with E-state index in [2.05, 4.69) is 20.2 Å². The van der Waals surface area contributed by atoms with Gasteiger partial charge in [0.2, 0.25) is 5.95 Å². The van der Waals surface area contributed by atoms with E-state index in [-0.39, 0.29) is 0 Å². The maximum absolute atomic E-state index is 11.6. The number of piperidine rings is 1. The Kier molecular flexibility index (Phi) is 6.47. The third kappa shape index (κ3) is 4.88. The molecule has 2 fully saturated rings. The minimum absolute atomic E-state index is 0.324. The van der Waals surface area contributed by atoms with E-state index < -0.39 is 36.9 Å². The predicted molar refractivity (Wildman–Crippen MR) is 109 cm³/mol. The van der Waals surface area contributed by atoms with Crippen LogP contribution in [-0.4, -0.2) is 76.8 Å². The van der Waals surface area contributed by atoms with Gasteiger partial charge >= 0.3 is 7.12 Å². The molecule has 3 heterocycles. The van der Waals surface area contributed by atoms with Crippen LogP contribution in [0.3, 0.4) is 0 Å². The Hall–Kier alpha value is -1.75. The average molecular weight is 406 g/mol. The van der Waals surface area contributed by atoms with Crippen molar-refractivity contribution in [3.8, 4) is 0 Å². The highest BCUT2D eigenvalue weighted by Crippen LogP contribution is 2.36. The Morgan fingerprint density at radius 1 is 1.24 bits per heavy atom. The van der Waals surface area contributed by atoms with E-state index in [1.165, 1.54) is 0 Å². The summed E-state index contributed by atoms with van der Waals surface area (Å²) in [6.07, 6.45) is 3.93. The predicted octanol–water partition coefficient (Wildman–Crippen LogP) is -0.538. The number of anilines is 1. The first kappa shape index (κ1) is 22.0. The van der Waals surface area contributed by atoms with Crippen LogP contribution in [0.2, 0.25) is 0 Å². The van der Waals surface area contributed by atoms with Crippen LogP contribution in [-0.2, 0) is 14.1 Å². The van der Waals surface area contributed by atoms with Gasteiger partial charge in [0.1, 0.15) is 0 Å². The minimum Gasteiger partial charge on any atom is -0.399 e. The highest BCUT2D eigenvalue weighted by molar-refractivity contribution is 6.61. The van der Waals surface area contributed by atoms with Crippen molar-refractivity contribution in [2.75, 3.05) is 31.1 Å². The van der Waals surface area contributed by atoms with Gasteiger partial charge in [-0.1, -0.05) is 0 Å². The van der Waals surface area contributed by atoms with Crippen LogP contribution in [0.25, 0.3) is 0 Å². The molecule has 1 amide bonds. The van der Waals surface area contributed by atoms with Gasteiger partial charge < -0.3 is 29.7 Å². The lowest BCUT2D eigenvalue weighted by Gasteiger charge is -2.32. The first-order chi connectivity index (χ1) is 13.6. The van der Waals surface area contributed by atoms with E-state index in [0.717, 1.165) is 31.4 Å². The zero-order valence-electron chi connectivity index (χ0n) is 17.6. The third-order valence-electron chi connectivity index (χ3n) is 6.12. The number of aromatic nitrogens is 2. The monoisotopic (exact) mass is 406 g/mol. The number of aliphatic hydroxyl groups is 2. The van der Waals surface area contributed by atoms with Crippen LogP contribution < -0.4 is 15.7 Å². The Labute approximate surface area is 172 Å². The molecule has 3 rings (SSSR count). The molecule has 160 valence electrons. The fraction of sp³-hybridized carbons (Fsp3) is 0.737. The lowest BCUT2D eigenvalue weighted by molar-refractivity contribution is -0.131. The molecular weight excluding hydrogens is 375 g/mol. The van der Waals surface area contributed by atoms with Gasteiger partial charge in [-0.3, -0.25) is 4.79 Å². The molecule has 2 aliphatic heterocycles. The van der Waals surface area contributed by atoms with Crippen molar-refractivity contribution in [2.45, 2.75) is 57.8 Å². The average Bonchev–Trinajstić information content (AvgIpc) is 2.93. The quantitative estimate of drug-likeness (QED) is 0.540. The Bertz CT molecular complexity index is 691. The van der Waals surface area contributed by atoms with Crippen LogP contribution >= 0.6 is 0 Å². The molecule has 0 aromatic carbocycles. The number of carbonyl (C=O) groups is 1. The minimum atomic E-state index is -1.36. The second-order valence-corrected chi connectivity index (χ2v) is 8.78. The summed E-state index contributed by atoms with van der Waals surface area (Å²) in [5, 5.41) is 20.8. The molecule has 0 radical (unpaired) electrons. The number of hydrogen-bond acceptors (Lipinski definition) is 8. The standard InChI is InChI=1S/C19H31BN4O5/c1-18(2)19(3,4)29-20(28-18)14-10-22-17(23-11-14)24-7-5-13(6-8-24)9-21-16(27)15(26)12-25/h10-11,13,15,25-26H,5-9,12H2,1-4H3,(H,21,27)/t15-/m0/s1. The molecule has 0 saturated carbocycles. The molecule has 10 heteroatoms. The maximum atomic E-state index is 11.6. The summed E-state index contributed by atoms with van der Waals surface area (Å²) in [6.45, 7) is 9.56. The highest BCUT2D eigenvalue weighted by atomic mass is 16.7. The summed E-state index contributed by atoms with van der Waals surface area (Å²) in [4.78, 5) is 22.7. The van der Waals surface area contributed by atoms with Crippen molar-refractivity contribution < 1.29 is 24.3 Å². The number of nitrogens with zero attached hydrogens (tertiary/aromatic N) is 3. The Balaban J connectivity index is 1.50. The summed E-state index contributed by atoms with van der Waals surface area (Å²) in [5.41, 5.74) is -0.00530. The molecule has 1 aromatic rings. The first-order valence-corrected chi connectivity index (χ1v) is 10.1. The van der Waals surface area contributed by atoms with Gasteiger partial charge in [-0.2, -0.15) is 0 Å². The topological polar surface area (TPSA) is 117 Å². The Morgan fingerprint density at radius 3 is 2.31 bits per heavy atom. The second kappa shape index (κ2) is 8.55. The van der Waals surface area contributed by atoms with Crippen LogP contribution in [0.15, 0.2) is 12.4 Å². The van der Waals surface area contributed by atoms with Crippen LogP contribution in [0.4, 0.5) is 5.95 Å². The van der Waals surface area contributed by atoms with Crippen molar-refractivity contribution in [3.05, 3.63) is 12.4 Å². The van der Waals surface area contributed by atoms with Gasteiger partial charge in [-0.15, -0.1) is 0 Å². The summed E-state index contributed by atoms with van der Waals surface area (Å²) < 4.78 is 12.1. The van der Waals surface area contributed by atoms with Crippen molar-refractivity contribution in [2.24, 2.45) is 5.92 Å². The number of amides is 1. The lowest BCUT2D eigenvalue weighted by Crippen LogP contribution is -2.43. The normalized spacial score (nSPS) is 22.6. The van der Waals surface area contributed by atoms with Gasteiger partial charge in [-0.05, 0) is 46.5 Å². The summed E-state index contributed by atoms with van der Waals surface area (Å²) >= 11 is 0. The zero-order valence-corrected chi connectivity index (χ0v) is 17.6. The van der Waals surface area contributed by atoms with Crippen molar-refractivity contribution >= 4 is 24.4 Å². The summed E-state index contributed by atoms with van der Waals surface area (Å²) in [7, 11) is -0.474. The van der Waals surface area contributed by atoms with Crippen LogP contribution in [0.1, 0.15) is 40.5 Å². The van der Waals surface area contributed by atoms with Crippen LogP contribution in [0, 0.1) is 5.92 Å². The van der Waals surface area contributed by atoms with Gasteiger partial charge in [0.25, 0.3) is 5.91 Å². The Morgan fingerprint density at radius 2 is 1.79 bits per heavy atom. The van der Waals surface area contributed by atoms with E-state index in [9.17, 15) is 9.90 Å². The van der Waals surface area contributed by atoms with Crippen molar-refractivity contribution in [1.29, 1.82) is 0 Å². The summed E-state index contributed by atoms with van der Waals surface area (Å²) in [6, 6.07) is 0. The largest absolute Gasteiger partial charge is 0.498 e. The fourth-order valence-electron chi connectivity index (χ4n) is 3.38. The lowest BCUT2D eigenvalue weighted by atomic mass is 9.81. The van der Waals surface area contributed by atoms with E-state index in [4.69, 9.17) is 14.4 Å². The van der Waals surface area contributed by atoms with Gasteiger partial charge in [0, 0.05) is 37.5 Å². The molecule has 29 heavy (non-hydrogen) atoms. The molecule has 0 aliphatic carbocycles. The van der Waals surface area contributed by atoms with E-state index in [1.54, 1.807) is 12.4 Å². The molecule has 1 aromatic heterocycles. The number of carbonyl (C=O) groups excluding carboxylic acids is 1. The SMILES string of the molecule is CC1(C)OB(c2cnc(N3CCC(CNC(=O)[C@@H](O)CO)CC3)nc2)OC1(C)C. The van der Waals surface area contributed by atoms with E-state index in [0.29, 0.717) is 18.4 Å². The van der Waals surface area contributed by atoms with Gasteiger partial charge in [-0.25, -0.2) is 9.97 Å². The number of aliphatic hydroxyl groups excluding tert-OH is 2. The molecule has 0 spiro atoms. The molecule has 2 saturated heterocycles. The van der Waals surface area contributed by atoms with Crippen molar-refractivity contribution in [3.63, 3.8) is 0 Å². The molecule has 9 nitrogen and oxygen atoms in total. The highest BCUT2D eigenvalue weighted by Gasteiger charge is 2.52. The zero-order chi connectivity index (χ0) is 21.2. The van der Waals surface area contributed by atoms with E-state index in [1.807, 2.05) is 27.7 Å². The molecule has 0 unspecified atom stereocenters. The second-order valence-electron chi connectivity index (χ2n) is 8.78. The molecule has 0 bridgehead atoms. The molecule has 2 aliphatic rings. The van der Waals surface area contributed by atoms with E-state index >= 15 is 0 Å². The number of rotatable bonds is 6. The maximum Gasteiger partial charge on any atom is 0.498 e. The van der Waals surface area contributed by atoms with Crippen LogP contribution in [0.5, 0.6) is 0 Å². The molecular formula is C19H31BN4O5. The summed E-state index contributed by atoms with van der Waals surface area (Å²) in [5.74, 6) is 0.463. The number of nitrogens with one attached hydrogen (secondary N) is 1. The molecule has 3 N–H and O–H groups in total. The first-order valence-electron chi connectivity index (χ1n) is 10.1.